The number of hydrogen-bond donors (Lipinski definition) is 1. The van der Waals surface area contributed by atoms with E-state index in [0.29, 0.717) is 21.7 Å². The lowest BCUT2D eigenvalue weighted by Gasteiger charge is -2.12. The maximum atomic E-state index is 12.2. The van der Waals surface area contributed by atoms with Gasteiger partial charge in [-0.05, 0) is 19.1 Å². The average molecular weight is 373 g/mol. The Morgan fingerprint density at radius 1 is 1.19 bits per heavy atom. The fourth-order valence-corrected chi connectivity index (χ4v) is 3.47. The zero-order chi connectivity index (χ0) is 18.8. The number of nitrogens with zero attached hydrogens (tertiary/aromatic N) is 2. The van der Waals surface area contributed by atoms with E-state index in [1.807, 2.05) is 0 Å². The molecule has 0 saturated heterocycles. The van der Waals surface area contributed by atoms with Crippen LogP contribution in [-0.4, -0.2) is 47.2 Å². The fraction of sp³-hybridized carbons (Fsp3) is 0.235. The van der Waals surface area contributed by atoms with Crippen LogP contribution in [0.15, 0.2) is 24.3 Å². The molecular weight excluding hydrogens is 358 g/mol. The molecule has 0 atom stereocenters. The van der Waals surface area contributed by atoms with E-state index in [4.69, 9.17) is 0 Å². The lowest BCUT2D eigenvalue weighted by atomic mass is 10.1. The second-order valence-electron chi connectivity index (χ2n) is 5.53. The summed E-state index contributed by atoms with van der Waals surface area (Å²) in [7, 11) is 1.27. The topological polar surface area (TPSA) is 106 Å². The van der Waals surface area contributed by atoms with E-state index in [0.717, 1.165) is 16.2 Å². The van der Waals surface area contributed by atoms with Crippen molar-refractivity contribution in [1.82, 2.24) is 9.88 Å². The summed E-state index contributed by atoms with van der Waals surface area (Å²) in [5.74, 6) is -1.74. The van der Waals surface area contributed by atoms with Gasteiger partial charge in [0.25, 0.3) is 11.8 Å². The zero-order valence-corrected chi connectivity index (χ0v) is 14.9. The minimum absolute atomic E-state index is 0.0353. The number of aromatic nitrogens is 1. The van der Waals surface area contributed by atoms with Gasteiger partial charge in [0.05, 0.1) is 23.9 Å². The number of benzene rings is 1. The summed E-state index contributed by atoms with van der Waals surface area (Å²) >= 11 is 1.00. The summed E-state index contributed by atoms with van der Waals surface area (Å²) in [5, 5.41) is 2.83. The number of esters is 1. The standard InChI is InChI=1S/C17H15N3O5S/c1-9-13(16(24)25-2)26-17(18-9)19-12(21)7-8-20-14(22)10-5-3-4-6-11(10)15(20)23/h3-6H,7-8H2,1-2H3,(H,18,19,21). The van der Waals surface area contributed by atoms with Crippen LogP contribution in [0.4, 0.5) is 5.13 Å². The third-order valence-electron chi connectivity index (χ3n) is 3.85. The number of imide groups is 1. The van der Waals surface area contributed by atoms with Gasteiger partial charge >= 0.3 is 5.97 Å². The summed E-state index contributed by atoms with van der Waals surface area (Å²) in [6.45, 7) is 1.60. The minimum Gasteiger partial charge on any atom is -0.465 e. The van der Waals surface area contributed by atoms with Crippen LogP contribution >= 0.6 is 11.3 Å². The van der Waals surface area contributed by atoms with Gasteiger partial charge in [0.1, 0.15) is 4.88 Å². The number of rotatable bonds is 5. The van der Waals surface area contributed by atoms with Crippen LogP contribution in [0.2, 0.25) is 0 Å². The van der Waals surface area contributed by atoms with Gasteiger partial charge in [-0.15, -0.1) is 0 Å². The molecule has 1 aromatic carbocycles. The summed E-state index contributed by atoms with van der Waals surface area (Å²) in [4.78, 5) is 53.6. The lowest BCUT2D eigenvalue weighted by molar-refractivity contribution is -0.116. The molecule has 9 heteroatoms. The van der Waals surface area contributed by atoms with E-state index in [1.54, 1.807) is 31.2 Å². The number of hydrogen-bond acceptors (Lipinski definition) is 7. The van der Waals surface area contributed by atoms with Gasteiger partial charge in [-0.1, -0.05) is 23.5 Å². The molecule has 3 rings (SSSR count). The molecule has 1 aliphatic heterocycles. The molecule has 0 aliphatic carbocycles. The van der Waals surface area contributed by atoms with E-state index in [1.165, 1.54) is 7.11 Å². The van der Waals surface area contributed by atoms with Gasteiger partial charge in [-0.3, -0.25) is 19.3 Å². The van der Waals surface area contributed by atoms with Crippen LogP contribution in [0.5, 0.6) is 0 Å². The second kappa shape index (κ2) is 7.04. The van der Waals surface area contributed by atoms with Gasteiger partial charge in [0, 0.05) is 13.0 Å². The average Bonchev–Trinajstić information content (AvgIpc) is 3.11. The third-order valence-corrected chi connectivity index (χ3v) is 4.91. The molecule has 134 valence electrons. The predicted molar refractivity (Wildman–Crippen MR) is 93.2 cm³/mol. The van der Waals surface area contributed by atoms with Crippen LogP contribution in [0.3, 0.4) is 0 Å². The molecule has 1 aliphatic rings. The van der Waals surface area contributed by atoms with Gasteiger partial charge < -0.3 is 10.1 Å². The Bertz CT molecular complexity index is 886. The third kappa shape index (κ3) is 3.21. The smallest absolute Gasteiger partial charge is 0.350 e. The van der Waals surface area contributed by atoms with Crippen LogP contribution in [0, 0.1) is 6.92 Å². The zero-order valence-electron chi connectivity index (χ0n) is 14.1. The number of thiazole rings is 1. The highest BCUT2D eigenvalue weighted by molar-refractivity contribution is 7.17. The van der Waals surface area contributed by atoms with Crippen molar-refractivity contribution in [3.05, 3.63) is 46.0 Å². The summed E-state index contributed by atoms with van der Waals surface area (Å²) in [5.41, 5.74) is 1.14. The molecule has 0 spiro atoms. The molecule has 0 saturated carbocycles. The molecule has 1 N–H and O–H groups in total. The highest BCUT2D eigenvalue weighted by Crippen LogP contribution is 2.24. The Labute approximate surface area is 152 Å². The van der Waals surface area contributed by atoms with Gasteiger partial charge in [0.15, 0.2) is 5.13 Å². The van der Waals surface area contributed by atoms with Gasteiger partial charge in [-0.25, -0.2) is 9.78 Å². The number of aryl methyl sites for hydroxylation is 1. The molecule has 0 bridgehead atoms. The van der Waals surface area contributed by atoms with Crippen molar-refractivity contribution in [2.75, 3.05) is 19.0 Å². The largest absolute Gasteiger partial charge is 0.465 e. The second-order valence-corrected chi connectivity index (χ2v) is 6.53. The molecule has 0 unspecified atom stereocenters. The van der Waals surface area contributed by atoms with E-state index >= 15 is 0 Å². The van der Waals surface area contributed by atoms with E-state index in [2.05, 4.69) is 15.0 Å². The summed E-state index contributed by atoms with van der Waals surface area (Å²) < 4.78 is 4.64. The van der Waals surface area contributed by atoms with Crippen molar-refractivity contribution < 1.29 is 23.9 Å². The Balaban J connectivity index is 1.61. The number of carbonyl (C=O) groups excluding carboxylic acids is 4. The Hall–Kier alpha value is -3.07. The number of ether oxygens (including phenoxy) is 1. The number of anilines is 1. The molecule has 26 heavy (non-hydrogen) atoms. The van der Waals surface area contributed by atoms with Crippen LogP contribution in [-0.2, 0) is 9.53 Å². The SMILES string of the molecule is COC(=O)c1sc(NC(=O)CCN2C(=O)c3ccccc3C2=O)nc1C. The first kappa shape index (κ1) is 17.7. The minimum atomic E-state index is -0.522. The number of methoxy groups -OCH3 is 1. The highest BCUT2D eigenvalue weighted by atomic mass is 32.1. The van der Waals surface area contributed by atoms with Crippen LogP contribution in [0.25, 0.3) is 0 Å². The van der Waals surface area contributed by atoms with Crippen LogP contribution < -0.4 is 5.32 Å². The van der Waals surface area contributed by atoms with Crippen molar-refractivity contribution in [2.24, 2.45) is 0 Å². The van der Waals surface area contributed by atoms with Crippen molar-refractivity contribution in [3.8, 4) is 0 Å². The first-order valence-corrected chi connectivity index (χ1v) is 8.55. The first-order valence-electron chi connectivity index (χ1n) is 7.73. The van der Waals surface area contributed by atoms with Gasteiger partial charge in [0.2, 0.25) is 5.91 Å². The predicted octanol–water partition coefficient (Wildman–Crippen LogP) is 1.86. The van der Waals surface area contributed by atoms with E-state index in [-0.39, 0.29) is 18.1 Å². The number of fused-ring (bicyclic) bond motifs is 1. The first-order chi connectivity index (χ1) is 12.4. The molecule has 2 aromatic rings. The Morgan fingerprint density at radius 3 is 2.38 bits per heavy atom. The fourth-order valence-electron chi connectivity index (χ4n) is 2.57. The summed E-state index contributed by atoms with van der Waals surface area (Å²) in [6, 6.07) is 6.54. The lowest BCUT2D eigenvalue weighted by Crippen LogP contribution is -2.32. The molecule has 0 radical (unpaired) electrons. The maximum Gasteiger partial charge on any atom is 0.350 e. The quantitative estimate of drug-likeness (QED) is 0.633. The molecule has 2 heterocycles. The van der Waals surface area contributed by atoms with Crippen molar-refractivity contribution in [3.63, 3.8) is 0 Å². The normalized spacial score (nSPS) is 12.9. The number of nitrogens with one attached hydrogen (secondary N) is 1. The molecular formula is C17H15N3O5S. The summed E-state index contributed by atoms with van der Waals surface area (Å²) in [6.07, 6.45) is -0.0718. The van der Waals surface area contributed by atoms with Gasteiger partial charge in [-0.2, -0.15) is 0 Å². The van der Waals surface area contributed by atoms with Crippen molar-refractivity contribution in [1.29, 1.82) is 0 Å². The number of amides is 3. The number of carbonyl (C=O) groups is 4. The van der Waals surface area contributed by atoms with Crippen molar-refractivity contribution >= 4 is 40.2 Å². The Morgan fingerprint density at radius 2 is 1.81 bits per heavy atom. The highest BCUT2D eigenvalue weighted by Gasteiger charge is 2.35. The molecule has 3 amide bonds. The van der Waals surface area contributed by atoms with E-state index < -0.39 is 23.7 Å². The molecule has 8 nitrogen and oxygen atoms in total. The maximum absolute atomic E-state index is 12.2. The monoisotopic (exact) mass is 373 g/mol. The molecule has 0 fully saturated rings. The molecule has 1 aromatic heterocycles. The van der Waals surface area contributed by atoms with Crippen LogP contribution in [0.1, 0.15) is 42.5 Å². The van der Waals surface area contributed by atoms with E-state index in [9.17, 15) is 19.2 Å². The Kier molecular flexibility index (Phi) is 4.81. The van der Waals surface area contributed by atoms with Crippen molar-refractivity contribution in [2.45, 2.75) is 13.3 Å².